The van der Waals surface area contributed by atoms with Gasteiger partial charge < -0.3 is 10.6 Å². The maximum absolute atomic E-state index is 12.8. The molecule has 1 atom stereocenters. The van der Waals surface area contributed by atoms with Gasteiger partial charge in [-0.15, -0.1) is 0 Å². The van der Waals surface area contributed by atoms with E-state index in [2.05, 4.69) is 30.4 Å². The lowest BCUT2D eigenvalue weighted by Gasteiger charge is -2.21. The Hall–Kier alpha value is -2.10. The molecule has 0 radical (unpaired) electrons. The van der Waals surface area contributed by atoms with Crippen LogP contribution in [0.1, 0.15) is 54.4 Å². The molecule has 2 N–H and O–H groups in total. The molecule has 2 aliphatic rings. The number of carbonyl (C=O) groups excluding carboxylic acids is 1. The van der Waals surface area contributed by atoms with Gasteiger partial charge in [0.05, 0.1) is 6.04 Å². The smallest absolute Gasteiger partial charge is 0.240 e. The highest BCUT2D eigenvalue weighted by molar-refractivity contribution is 6.31. The van der Waals surface area contributed by atoms with E-state index in [-0.39, 0.29) is 5.91 Å². The van der Waals surface area contributed by atoms with Gasteiger partial charge in [-0.3, -0.25) is 4.79 Å². The van der Waals surface area contributed by atoms with E-state index in [4.69, 9.17) is 17.3 Å². The SMILES string of the molecule is NC(Cc1ccc(/C=C/C2CCCCC2)cc1Cl)C(=O)N1Cc2ccccc2C1. The van der Waals surface area contributed by atoms with Crippen LogP contribution < -0.4 is 5.73 Å². The van der Waals surface area contributed by atoms with E-state index in [9.17, 15) is 4.79 Å². The molecule has 152 valence electrons. The molecule has 1 amide bonds. The van der Waals surface area contributed by atoms with Gasteiger partial charge in [-0.05, 0) is 53.5 Å². The van der Waals surface area contributed by atoms with E-state index in [0.29, 0.717) is 30.5 Å². The Morgan fingerprint density at radius 1 is 1.10 bits per heavy atom. The molecule has 1 fully saturated rings. The third kappa shape index (κ3) is 4.91. The number of fused-ring (bicyclic) bond motifs is 1. The fourth-order valence-electron chi connectivity index (χ4n) is 4.45. The summed E-state index contributed by atoms with van der Waals surface area (Å²) < 4.78 is 0. The van der Waals surface area contributed by atoms with Gasteiger partial charge in [-0.1, -0.05) is 79.4 Å². The van der Waals surface area contributed by atoms with Crippen molar-refractivity contribution in [2.24, 2.45) is 11.7 Å². The molecule has 1 saturated carbocycles. The summed E-state index contributed by atoms with van der Waals surface area (Å²) in [7, 11) is 0. The van der Waals surface area contributed by atoms with Crippen LogP contribution in [0.4, 0.5) is 0 Å². The van der Waals surface area contributed by atoms with E-state index < -0.39 is 6.04 Å². The van der Waals surface area contributed by atoms with Crippen LogP contribution in [0.3, 0.4) is 0 Å². The number of hydrogen-bond acceptors (Lipinski definition) is 2. The highest BCUT2D eigenvalue weighted by atomic mass is 35.5. The maximum Gasteiger partial charge on any atom is 0.240 e. The van der Waals surface area contributed by atoms with Crippen molar-refractivity contribution < 1.29 is 4.79 Å². The average Bonchev–Trinajstić information content (AvgIpc) is 3.18. The molecule has 2 aromatic rings. The van der Waals surface area contributed by atoms with Crippen LogP contribution >= 0.6 is 11.6 Å². The van der Waals surface area contributed by atoms with Crippen LogP contribution in [-0.4, -0.2) is 16.8 Å². The number of halogens is 1. The standard InChI is InChI=1S/C25H29ClN2O/c26-23-14-19(11-10-18-6-2-1-3-7-18)12-13-20(23)15-24(27)25(29)28-16-21-8-4-5-9-22(21)17-28/h4-5,8-14,18,24H,1-3,6-7,15-17,27H2/b11-10+. The molecule has 29 heavy (non-hydrogen) atoms. The van der Waals surface area contributed by atoms with Crippen LogP contribution in [0.15, 0.2) is 48.5 Å². The zero-order valence-corrected chi connectivity index (χ0v) is 17.6. The number of rotatable bonds is 5. The Kier molecular flexibility index (Phi) is 6.37. The second kappa shape index (κ2) is 9.15. The molecule has 1 unspecified atom stereocenters. The minimum atomic E-state index is -0.578. The third-order valence-electron chi connectivity index (χ3n) is 6.20. The Labute approximate surface area is 178 Å². The molecule has 0 saturated heterocycles. The lowest BCUT2D eigenvalue weighted by Crippen LogP contribution is -2.42. The van der Waals surface area contributed by atoms with Crippen LogP contribution in [0.25, 0.3) is 6.08 Å². The predicted molar refractivity (Wildman–Crippen MR) is 119 cm³/mol. The number of amides is 1. The van der Waals surface area contributed by atoms with E-state index in [1.165, 1.54) is 43.2 Å². The Balaban J connectivity index is 1.36. The fourth-order valence-corrected chi connectivity index (χ4v) is 4.72. The fraction of sp³-hybridized carbons (Fsp3) is 0.400. The molecular weight excluding hydrogens is 380 g/mol. The van der Waals surface area contributed by atoms with Gasteiger partial charge in [-0.2, -0.15) is 0 Å². The zero-order valence-electron chi connectivity index (χ0n) is 16.8. The van der Waals surface area contributed by atoms with Crippen molar-refractivity contribution in [3.05, 3.63) is 75.8 Å². The summed E-state index contributed by atoms with van der Waals surface area (Å²) in [5, 5.41) is 0.684. The lowest BCUT2D eigenvalue weighted by molar-refractivity contribution is -0.133. The van der Waals surface area contributed by atoms with Crippen LogP contribution in [-0.2, 0) is 24.3 Å². The number of nitrogens with two attached hydrogens (primary N) is 1. The third-order valence-corrected chi connectivity index (χ3v) is 6.55. The molecule has 4 rings (SSSR count). The number of hydrogen-bond donors (Lipinski definition) is 1. The first-order valence-electron chi connectivity index (χ1n) is 10.7. The number of allylic oxidation sites excluding steroid dienone is 1. The number of carbonyl (C=O) groups is 1. The summed E-state index contributed by atoms with van der Waals surface area (Å²) in [5.74, 6) is 0.677. The lowest BCUT2D eigenvalue weighted by atomic mass is 9.88. The Bertz CT molecular complexity index is 876. The van der Waals surface area contributed by atoms with E-state index in [1.54, 1.807) is 0 Å². The molecule has 1 heterocycles. The number of nitrogens with zero attached hydrogens (tertiary/aromatic N) is 1. The van der Waals surface area contributed by atoms with Gasteiger partial charge >= 0.3 is 0 Å². The molecule has 0 spiro atoms. The minimum Gasteiger partial charge on any atom is -0.333 e. The Morgan fingerprint density at radius 3 is 2.45 bits per heavy atom. The molecule has 4 heteroatoms. The molecule has 0 aromatic heterocycles. The molecule has 0 bridgehead atoms. The first-order chi connectivity index (χ1) is 14.1. The van der Waals surface area contributed by atoms with E-state index in [1.807, 2.05) is 29.2 Å². The minimum absolute atomic E-state index is 0.0152. The topological polar surface area (TPSA) is 46.3 Å². The van der Waals surface area contributed by atoms with Crippen molar-refractivity contribution in [2.45, 2.75) is 57.7 Å². The normalized spacial score (nSPS) is 18.2. The van der Waals surface area contributed by atoms with Crippen molar-refractivity contribution >= 4 is 23.6 Å². The van der Waals surface area contributed by atoms with E-state index in [0.717, 1.165) is 11.1 Å². The monoisotopic (exact) mass is 408 g/mol. The van der Waals surface area contributed by atoms with Gasteiger partial charge in [0.15, 0.2) is 0 Å². The first-order valence-corrected chi connectivity index (χ1v) is 11.1. The predicted octanol–water partition coefficient (Wildman–Crippen LogP) is 5.35. The summed E-state index contributed by atoms with van der Waals surface area (Å²) in [6.07, 6.45) is 11.6. The van der Waals surface area contributed by atoms with Crippen molar-refractivity contribution in [1.82, 2.24) is 4.90 Å². The summed E-state index contributed by atoms with van der Waals surface area (Å²) in [4.78, 5) is 14.7. The zero-order chi connectivity index (χ0) is 20.2. The van der Waals surface area contributed by atoms with Crippen molar-refractivity contribution in [2.75, 3.05) is 0 Å². The van der Waals surface area contributed by atoms with Crippen LogP contribution in [0.2, 0.25) is 5.02 Å². The van der Waals surface area contributed by atoms with Gasteiger partial charge in [-0.25, -0.2) is 0 Å². The molecule has 3 nitrogen and oxygen atoms in total. The molecule has 1 aliphatic carbocycles. The van der Waals surface area contributed by atoms with Crippen molar-refractivity contribution in [3.63, 3.8) is 0 Å². The van der Waals surface area contributed by atoms with Gasteiger partial charge in [0.2, 0.25) is 5.91 Å². The van der Waals surface area contributed by atoms with Gasteiger partial charge in [0, 0.05) is 18.1 Å². The van der Waals surface area contributed by atoms with Crippen LogP contribution in [0, 0.1) is 5.92 Å². The second-order valence-electron chi connectivity index (χ2n) is 8.38. The highest BCUT2D eigenvalue weighted by Gasteiger charge is 2.27. The summed E-state index contributed by atoms with van der Waals surface area (Å²) >= 11 is 6.52. The largest absolute Gasteiger partial charge is 0.333 e. The molecule has 1 aliphatic heterocycles. The van der Waals surface area contributed by atoms with Crippen LogP contribution in [0.5, 0.6) is 0 Å². The Morgan fingerprint density at radius 2 is 1.79 bits per heavy atom. The van der Waals surface area contributed by atoms with Crippen molar-refractivity contribution in [3.8, 4) is 0 Å². The highest BCUT2D eigenvalue weighted by Crippen LogP contribution is 2.27. The van der Waals surface area contributed by atoms with E-state index >= 15 is 0 Å². The molecular formula is C25H29ClN2O. The van der Waals surface area contributed by atoms with Gasteiger partial charge in [0.1, 0.15) is 0 Å². The summed E-state index contributed by atoms with van der Waals surface area (Å²) in [5.41, 5.74) is 10.7. The van der Waals surface area contributed by atoms with Crippen molar-refractivity contribution in [1.29, 1.82) is 0 Å². The number of benzene rings is 2. The second-order valence-corrected chi connectivity index (χ2v) is 8.79. The molecule has 2 aromatic carbocycles. The first kappa shape index (κ1) is 20.2. The average molecular weight is 409 g/mol. The quantitative estimate of drug-likeness (QED) is 0.725. The van der Waals surface area contributed by atoms with Gasteiger partial charge in [0.25, 0.3) is 0 Å². The summed E-state index contributed by atoms with van der Waals surface area (Å²) in [6, 6.07) is 13.7. The maximum atomic E-state index is 12.8. The summed E-state index contributed by atoms with van der Waals surface area (Å²) in [6.45, 7) is 1.28.